The molecule has 0 fully saturated rings. The van der Waals surface area contributed by atoms with Gasteiger partial charge in [0, 0.05) is 22.7 Å². The van der Waals surface area contributed by atoms with E-state index in [-0.39, 0.29) is 28.5 Å². The van der Waals surface area contributed by atoms with E-state index in [0.29, 0.717) is 21.7 Å². The number of nitrogens with one attached hydrogen (secondary N) is 2. The zero-order chi connectivity index (χ0) is 33.7. The predicted molar refractivity (Wildman–Crippen MR) is 156 cm³/mol. The Bertz CT molecular complexity index is 1740. The van der Waals surface area contributed by atoms with Gasteiger partial charge in [-0.25, -0.2) is 13.4 Å². The second-order valence-electron chi connectivity index (χ2n) is 9.44. The van der Waals surface area contributed by atoms with Gasteiger partial charge in [-0.3, -0.25) is 4.79 Å². The van der Waals surface area contributed by atoms with Crippen LogP contribution in [0.4, 0.5) is 26.3 Å². The Morgan fingerprint density at radius 3 is 1.65 bits per heavy atom. The van der Waals surface area contributed by atoms with Gasteiger partial charge in [0.25, 0.3) is 5.91 Å². The van der Waals surface area contributed by atoms with Gasteiger partial charge in [-0.2, -0.15) is 0 Å². The smallest absolute Gasteiger partial charge is 0.406 e. The first-order valence-corrected chi connectivity index (χ1v) is 14.9. The topological polar surface area (TPSA) is 107 Å². The van der Waals surface area contributed by atoms with Crippen molar-refractivity contribution in [3.05, 3.63) is 108 Å². The molecule has 0 radical (unpaired) electrons. The highest BCUT2D eigenvalue weighted by molar-refractivity contribution is 7.91. The molecule has 3 aromatic carbocycles. The van der Waals surface area contributed by atoms with Crippen LogP contribution >= 0.6 is 11.6 Å². The maximum Gasteiger partial charge on any atom is 0.573 e. The van der Waals surface area contributed by atoms with Crippen molar-refractivity contribution in [1.82, 2.24) is 15.6 Å². The molecule has 46 heavy (non-hydrogen) atoms. The number of amides is 1. The first-order chi connectivity index (χ1) is 21.5. The molecule has 16 heteroatoms. The van der Waals surface area contributed by atoms with Crippen molar-refractivity contribution in [3.63, 3.8) is 0 Å². The molecule has 0 spiro atoms. The number of alkyl halides is 6. The zero-order valence-electron chi connectivity index (χ0n) is 23.2. The van der Waals surface area contributed by atoms with Crippen molar-refractivity contribution < 1.29 is 49.0 Å². The summed E-state index contributed by atoms with van der Waals surface area (Å²) in [6, 6.07) is 18.1. The van der Waals surface area contributed by atoms with E-state index >= 15 is 0 Å². The highest BCUT2D eigenvalue weighted by Crippen LogP contribution is 2.30. The number of carbonyl (C=O) groups excluding carboxylic acids is 1. The highest BCUT2D eigenvalue weighted by Gasteiger charge is 2.31. The molecule has 0 atom stereocenters. The van der Waals surface area contributed by atoms with Crippen molar-refractivity contribution >= 4 is 27.3 Å². The molecule has 0 saturated heterocycles. The normalized spacial score (nSPS) is 11.9. The fourth-order valence-corrected chi connectivity index (χ4v) is 5.12. The number of rotatable bonds is 11. The molecule has 2 N–H and O–H groups in total. The van der Waals surface area contributed by atoms with Gasteiger partial charge in [-0.15, -0.1) is 26.3 Å². The summed E-state index contributed by atoms with van der Waals surface area (Å²) < 4.78 is 108. The fraction of sp³-hybridized carbons (Fsp3) is 0.133. The number of benzene rings is 3. The maximum atomic E-state index is 12.7. The van der Waals surface area contributed by atoms with Gasteiger partial charge < -0.3 is 20.1 Å². The van der Waals surface area contributed by atoms with Gasteiger partial charge in [-0.1, -0.05) is 18.2 Å². The highest BCUT2D eigenvalue weighted by atomic mass is 35.5. The number of carbonyl (C=O) groups is 1. The molecular weight excluding hydrogens is 664 g/mol. The van der Waals surface area contributed by atoms with Crippen molar-refractivity contribution in [2.24, 2.45) is 0 Å². The Hall–Kier alpha value is -4.76. The van der Waals surface area contributed by atoms with E-state index in [2.05, 4.69) is 31.7 Å². The van der Waals surface area contributed by atoms with E-state index in [1.54, 1.807) is 0 Å². The van der Waals surface area contributed by atoms with Gasteiger partial charge in [0.05, 0.1) is 22.0 Å². The third kappa shape index (κ3) is 9.87. The van der Waals surface area contributed by atoms with Gasteiger partial charge in [0.15, 0.2) is 9.84 Å². The standard InChI is InChI=1S/C30H22ClF6N3O5S/c1-18(39-17-46(42,43)25-12-6-22(31)7-13-25)28(41)38-16-19-14-26(20-2-8-23(9-3-20)44-29(32,33)34)40-27(15-19)21-4-10-24(11-5-21)45-30(35,36)37/h2-15,39H,1,16-17H2,(H,38,41). The fourth-order valence-electron chi connectivity index (χ4n) is 3.92. The quantitative estimate of drug-likeness (QED) is 0.129. The van der Waals surface area contributed by atoms with Crippen molar-refractivity contribution in [3.8, 4) is 34.0 Å². The number of pyridine rings is 1. The summed E-state index contributed by atoms with van der Waals surface area (Å²) in [5, 5.41) is 5.39. The summed E-state index contributed by atoms with van der Waals surface area (Å²) in [5.41, 5.74) is 1.40. The number of halogens is 7. The number of nitrogens with zero attached hydrogens (tertiary/aromatic N) is 1. The second kappa shape index (κ2) is 13.7. The minimum Gasteiger partial charge on any atom is -0.406 e. The van der Waals surface area contributed by atoms with Gasteiger partial charge >= 0.3 is 12.7 Å². The molecule has 0 unspecified atom stereocenters. The SMILES string of the molecule is C=C(NCS(=O)(=O)c1ccc(Cl)cc1)C(=O)NCc1cc(-c2ccc(OC(F)(F)F)cc2)nc(-c2ccc(OC(F)(F)F)cc2)c1. The van der Waals surface area contributed by atoms with Crippen LogP contribution in [0.2, 0.25) is 5.02 Å². The Kier molecular flexibility index (Phi) is 10.2. The largest absolute Gasteiger partial charge is 0.573 e. The summed E-state index contributed by atoms with van der Waals surface area (Å²) in [6.07, 6.45) is -9.79. The minimum atomic E-state index is -4.90. The Balaban J connectivity index is 1.53. The van der Waals surface area contributed by atoms with E-state index in [1.807, 2.05) is 0 Å². The van der Waals surface area contributed by atoms with E-state index in [9.17, 15) is 39.6 Å². The molecule has 4 aromatic rings. The van der Waals surface area contributed by atoms with E-state index in [4.69, 9.17) is 11.6 Å². The minimum absolute atomic E-state index is 0.0227. The average Bonchev–Trinajstić information content (AvgIpc) is 2.98. The Labute approximate surface area is 263 Å². The Morgan fingerprint density at radius 1 is 0.761 bits per heavy atom. The van der Waals surface area contributed by atoms with E-state index in [0.717, 1.165) is 24.3 Å². The summed E-state index contributed by atoms with van der Waals surface area (Å²) in [5.74, 6) is -2.31. The lowest BCUT2D eigenvalue weighted by Crippen LogP contribution is -2.33. The summed E-state index contributed by atoms with van der Waals surface area (Å²) in [4.78, 5) is 17.2. The second-order valence-corrected chi connectivity index (χ2v) is 11.9. The van der Waals surface area contributed by atoms with Crippen LogP contribution in [0.25, 0.3) is 22.5 Å². The number of hydrogen-bond donors (Lipinski definition) is 2. The van der Waals surface area contributed by atoms with Crippen LogP contribution in [0.3, 0.4) is 0 Å². The molecule has 1 aromatic heterocycles. The van der Waals surface area contributed by atoms with Gasteiger partial charge in [0.1, 0.15) is 17.4 Å². The van der Waals surface area contributed by atoms with Crippen LogP contribution in [0.5, 0.6) is 11.5 Å². The predicted octanol–water partition coefficient (Wildman–Crippen LogP) is 7.02. The van der Waals surface area contributed by atoms with Crippen LogP contribution in [-0.2, 0) is 21.2 Å². The number of sulfone groups is 1. The lowest BCUT2D eigenvalue weighted by molar-refractivity contribution is -0.275. The number of hydrogen-bond acceptors (Lipinski definition) is 7. The molecule has 8 nitrogen and oxygen atoms in total. The van der Waals surface area contributed by atoms with Crippen LogP contribution < -0.4 is 20.1 Å². The number of ether oxygens (including phenoxy) is 2. The molecule has 242 valence electrons. The lowest BCUT2D eigenvalue weighted by atomic mass is 10.0. The summed E-state index contributed by atoms with van der Waals surface area (Å²) in [6.45, 7) is 3.43. The van der Waals surface area contributed by atoms with Crippen LogP contribution in [-0.4, -0.2) is 37.9 Å². The third-order valence-corrected chi connectivity index (χ3v) is 7.79. The van der Waals surface area contributed by atoms with Crippen LogP contribution in [0.1, 0.15) is 5.56 Å². The Morgan fingerprint density at radius 2 is 1.22 bits per heavy atom. The van der Waals surface area contributed by atoms with Gasteiger partial charge in [0.2, 0.25) is 0 Å². The lowest BCUT2D eigenvalue weighted by Gasteiger charge is -2.14. The first-order valence-electron chi connectivity index (χ1n) is 12.9. The molecule has 0 aliphatic heterocycles. The molecule has 1 heterocycles. The molecule has 0 aliphatic carbocycles. The molecule has 4 rings (SSSR count). The summed E-state index contributed by atoms with van der Waals surface area (Å²) in [7, 11) is -3.83. The van der Waals surface area contributed by atoms with Crippen molar-refractivity contribution in [1.29, 1.82) is 0 Å². The zero-order valence-corrected chi connectivity index (χ0v) is 24.8. The monoisotopic (exact) mass is 685 g/mol. The summed E-state index contributed by atoms with van der Waals surface area (Å²) >= 11 is 5.79. The number of aromatic nitrogens is 1. The third-order valence-electron chi connectivity index (χ3n) is 6.03. The average molecular weight is 686 g/mol. The van der Waals surface area contributed by atoms with Crippen LogP contribution in [0.15, 0.2) is 102 Å². The van der Waals surface area contributed by atoms with Crippen molar-refractivity contribution in [2.45, 2.75) is 24.2 Å². The van der Waals surface area contributed by atoms with E-state index < -0.39 is 45.8 Å². The van der Waals surface area contributed by atoms with Crippen molar-refractivity contribution in [2.75, 3.05) is 5.88 Å². The maximum absolute atomic E-state index is 12.7. The molecular formula is C30H22ClF6N3O5S. The molecule has 0 aliphatic rings. The van der Waals surface area contributed by atoms with E-state index in [1.165, 1.54) is 60.7 Å². The molecule has 1 amide bonds. The molecule has 0 bridgehead atoms. The first kappa shape index (κ1) is 34.1. The van der Waals surface area contributed by atoms with Crippen LogP contribution in [0, 0.1) is 0 Å². The van der Waals surface area contributed by atoms with Gasteiger partial charge in [-0.05, 0) is 90.5 Å². The molecule has 0 saturated carbocycles.